The zero-order chi connectivity index (χ0) is 20.3. The summed E-state index contributed by atoms with van der Waals surface area (Å²) in [5, 5.41) is 3.31. The quantitative estimate of drug-likeness (QED) is 0.555. The molecule has 0 aliphatic heterocycles. The molecule has 1 aliphatic carbocycles. The van der Waals surface area contributed by atoms with Crippen molar-refractivity contribution in [1.82, 2.24) is 9.88 Å². The highest BCUT2D eigenvalue weighted by atomic mass is 35.5. The number of nitrogens with one attached hydrogen (secondary N) is 1. The standard InChI is InChI=1S/C22H25ClN2O3/c1-14-12-17(15(2)25(14)19-9-10-19)8-11-21(26)28-16(3)22(27)24-13-18-6-4-5-7-20(18)23/h4-8,11-12,16,19H,9-10,13H2,1-3H3,(H,24,27)/b11-8+/t16-/m1/s1. The van der Waals surface area contributed by atoms with Crippen molar-refractivity contribution in [2.45, 2.75) is 52.3 Å². The molecule has 28 heavy (non-hydrogen) atoms. The van der Waals surface area contributed by atoms with E-state index in [1.165, 1.54) is 24.6 Å². The Hall–Kier alpha value is -2.53. The Morgan fingerprint density at radius 1 is 1.32 bits per heavy atom. The van der Waals surface area contributed by atoms with Gasteiger partial charge in [-0.25, -0.2) is 4.79 Å². The van der Waals surface area contributed by atoms with E-state index in [2.05, 4.69) is 29.8 Å². The van der Waals surface area contributed by atoms with Crippen LogP contribution in [-0.4, -0.2) is 22.5 Å². The number of amides is 1. The second kappa shape index (κ2) is 8.65. The molecule has 0 bridgehead atoms. The minimum Gasteiger partial charge on any atom is -0.449 e. The van der Waals surface area contributed by atoms with E-state index < -0.39 is 12.1 Å². The molecule has 1 saturated carbocycles. The van der Waals surface area contributed by atoms with Gasteiger partial charge in [0.2, 0.25) is 0 Å². The summed E-state index contributed by atoms with van der Waals surface area (Å²) in [6.07, 6.45) is 4.65. The molecule has 148 valence electrons. The van der Waals surface area contributed by atoms with Gasteiger partial charge in [0, 0.05) is 35.1 Å². The highest BCUT2D eigenvalue weighted by Crippen LogP contribution is 2.38. The molecule has 1 aromatic carbocycles. The summed E-state index contributed by atoms with van der Waals surface area (Å²) < 4.78 is 7.53. The molecule has 1 aliphatic rings. The van der Waals surface area contributed by atoms with Gasteiger partial charge in [0.15, 0.2) is 6.10 Å². The van der Waals surface area contributed by atoms with Gasteiger partial charge in [-0.3, -0.25) is 4.79 Å². The number of aromatic nitrogens is 1. The number of halogens is 1. The van der Waals surface area contributed by atoms with Gasteiger partial charge in [0.25, 0.3) is 5.91 Å². The summed E-state index contributed by atoms with van der Waals surface area (Å²) in [5.74, 6) is -0.912. The molecular formula is C22H25ClN2O3. The van der Waals surface area contributed by atoms with Crippen LogP contribution in [0.5, 0.6) is 0 Å². The zero-order valence-corrected chi connectivity index (χ0v) is 17.1. The number of carbonyl (C=O) groups excluding carboxylic acids is 2. The Balaban J connectivity index is 1.52. The van der Waals surface area contributed by atoms with Crippen LogP contribution >= 0.6 is 11.6 Å². The zero-order valence-electron chi connectivity index (χ0n) is 16.4. The number of rotatable bonds is 7. The number of hydrogen-bond acceptors (Lipinski definition) is 3. The Bertz CT molecular complexity index is 913. The highest BCUT2D eigenvalue weighted by molar-refractivity contribution is 6.31. The summed E-state index contributed by atoms with van der Waals surface area (Å²) in [7, 11) is 0. The largest absolute Gasteiger partial charge is 0.449 e. The van der Waals surface area contributed by atoms with Gasteiger partial charge in [-0.1, -0.05) is 29.8 Å². The van der Waals surface area contributed by atoms with Gasteiger partial charge < -0.3 is 14.6 Å². The van der Waals surface area contributed by atoms with Crippen LogP contribution < -0.4 is 5.32 Å². The highest BCUT2D eigenvalue weighted by Gasteiger charge is 2.26. The third-order valence-corrected chi connectivity index (χ3v) is 5.28. The number of aryl methyl sites for hydroxylation is 1. The molecule has 3 rings (SSSR count). The molecule has 0 unspecified atom stereocenters. The summed E-state index contributed by atoms with van der Waals surface area (Å²) in [6, 6.07) is 9.93. The van der Waals surface area contributed by atoms with Crippen molar-refractivity contribution in [3.8, 4) is 0 Å². The first kappa shape index (κ1) is 20.2. The third kappa shape index (κ3) is 4.84. The number of esters is 1. The number of hydrogen-bond donors (Lipinski definition) is 1. The molecule has 2 aromatic rings. The Morgan fingerprint density at radius 3 is 2.71 bits per heavy atom. The average Bonchev–Trinajstić information content (AvgIpc) is 3.44. The number of ether oxygens (including phenoxy) is 1. The van der Waals surface area contributed by atoms with Gasteiger partial charge >= 0.3 is 5.97 Å². The first-order valence-corrected chi connectivity index (χ1v) is 9.83. The van der Waals surface area contributed by atoms with Gasteiger partial charge in [-0.2, -0.15) is 0 Å². The fourth-order valence-electron chi connectivity index (χ4n) is 3.26. The monoisotopic (exact) mass is 400 g/mol. The Morgan fingerprint density at radius 2 is 2.04 bits per heavy atom. The fraction of sp³-hybridized carbons (Fsp3) is 0.364. The first-order valence-electron chi connectivity index (χ1n) is 9.45. The number of benzene rings is 1. The lowest BCUT2D eigenvalue weighted by atomic mass is 10.2. The van der Waals surface area contributed by atoms with Crippen LogP contribution in [0.2, 0.25) is 5.02 Å². The molecule has 1 heterocycles. The van der Waals surface area contributed by atoms with Crippen LogP contribution in [0.4, 0.5) is 0 Å². The first-order chi connectivity index (χ1) is 13.4. The molecule has 6 heteroatoms. The van der Waals surface area contributed by atoms with Crippen molar-refractivity contribution < 1.29 is 14.3 Å². The van der Waals surface area contributed by atoms with E-state index in [0.29, 0.717) is 11.1 Å². The topological polar surface area (TPSA) is 60.3 Å². The normalized spacial score (nSPS) is 14.9. The van der Waals surface area contributed by atoms with Crippen LogP contribution in [0, 0.1) is 13.8 Å². The molecule has 1 amide bonds. The minimum absolute atomic E-state index is 0.281. The molecule has 1 N–H and O–H groups in total. The van der Waals surface area contributed by atoms with Gasteiger partial charge in [0.05, 0.1) is 0 Å². The fourth-order valence-corrected chi connectivity index (χ4v) is 3.46. The van der Waals surface area contributed by atoms with E-state index in [9.17, 15) is 9.59 Å². The predicted octanol–water partition coefficient (Wildman–Crippen LogP) is 4.35. The van der Waals surface area contributed by atoms with Gasteiger partial charge in [-0.15, -0.1) is 0 Å². The van der Waals surface area contributed by atoms with Crippen LogP contribution in [0.3, 0.4) is 0 Å². The molecule has 1 atom stereocenters. The molecular weight excluding hydrogens is 376 g/mol. The molecule has 0 spiro atoms. The number of nitrogens with zero attached hydrogens (tertiary/aromatic N) is 1. The summed E-state index contributed by atoms with van der Waals surface area (Å²) in [6.45, 7) is 5.96. The van der Waals surface area contributed by atoms with E-state index in [1.54, 1.807) is 19.1 Å². The van der Waals surface area contributed by atoms with Crippen LogP contribution in [0.15, 0.2) is 36.4 Å². The van der Waals surface area contributed by atoms with Crippen LogP contribution in [-0.2, 0) is 20.9 Å². The summed E-state index contributed by atoms with van der Waals surface area (Å²) in [4.78, 5) is 24.3. The lowest BCUT2D eigenvalue weighted by Gasteiger charge is -2.13. The lowest BCUT2D eigenvalue weighted by Crippen LogP contribution is -2.35. The molecule has 0 radical (unpaired) electrons. The van der Waals surface area contributed by atoms with Crippen molar-refractivity contribution in [1.29, 1.82) is 0 Å². The van der Waals surface area contributed by atoms with Crippen molar-refractivity contribution in [2.24, 2.45) is 0 Å². The predicted molar refractivity (Wildman–Crippen MR) is 110 cm³/mol. The maximum atomic E-state index is 12.2. The van der Waals surface area contributed by atoms with Crippen molar-refractivity contribution in [3.05, 3.63) is 63.9 Å². The summed E-state index contributed by atoms with van der Waals surface area (Å²) in [5.41, 5.74) is 4.15. The number of carbonyl (C=O) groups is 2. The summed E-state index contributed by atoms with van der Waals surface area (Å²) >= 11 is 6.07. The van der Waals surface area contributed by atoms with Gasteiger partial charge in [0.1, 0.15) is 0 Å². The van der Waals surface area contributed by atoms with E-state index in [1.807, 2.05) is 18.2 Å². The molecule has 0 saturated heterocycles. The minimum atomic E-state index is -0.890. The second-order valence-corrected chi connectivity index (χ2v) is 7.56. The van der Waals surface area contributed by atoms with Gasteiger partial charge in [-0.05, 0) is 62.9 Å². The van der Waals surface area contributed by atoms with Crippen LogP contribution in [0.1, 0.15) is 48.3 Å². The SMILES string of the molecule is Cc1cc(/C=C/C(=O)O[C@H](C)C(=O)NCc2ccccc2Cl)c(C)n1C1CC1. The van der Waals surface area contributed by atoms with Crippen LogP contribution in [0.25, 0.3) is 6.08 Å². The van der Waals surface area contributed by atoms with E-state index in [4.69, 9.17) is 16.3 Å². The molecule has 1 fully saturated rings. The lowest BCUT2D eigenvalue weighted by molar-refractivity contribution is -0.150. The Labute approximate surface area is 170 Å². The van der Waals surface area contributed by atoms with Crippen molar-refractivity contribution >= 4 is 29.6 Å². The maximum Gasteiger partial charge on any atom is 0.331 e. The van der Waals surface area contributed by atoms with E-state index in [-0.39, 0.29) is 12.5 Å². The second-order valence-electron chi connectivity index (χ2n) is 7.15. The maximum absolute atomic E-state index is 12.2. The van der Waals surface area contributed by atoms with E-state index >= 15 is 0 Å². The smallest absolute Gasteiger partial charge is 0.331 e. The average molecular weight is 401 g/mol. The third-order valence-electron chi connectivity index (χ3n) is 4.91. The Kier molecular flexibility index (Phi) is 6.25. The molecule has 1 aromatic heterocycles. The molecule has 5 nitrogen and oxygen atoms in total. The van der Waals surface area contributed by atoms with Crippen molar-refractivity contribution in [3.63, 3.8) is 0 Å². The van der Waals surface area contributed by atoms with E-state index in [0.717, 1.165) is 16.8 Å². The van der Waals surface area contributed by atoms with Crippen molar-refractivity contribution in [2.75, 3.05) is 0 Å².